The monoisotopic (exact) mass is 322 g/mol. The highest BCUT2D eigenvalue weighted by molar-refractivity contribution is 5.74. The topological polar surface area (TPSA) is 80.5 Å². The third-order valence-electron chi connectivity index (χ3n) is 4.62. The van der Waals surface area contributed by atoms with E-state index in [9.17, 15) is 4.79 Å². The van der Waals surface area contributed by atoms with Crippen LogP contribution in [0.3, 0.4) is 0 Å². The molecule has 128 valence electrons. The molecule has 0 radical (unpaired) electrons. The van der Waals surface area contributed by atoms with Crippen LogP contribution in [0.2, 0.25) is 0 Å². The molecule has 1 aromatic heterocycles. The second-order valence-electron chi connectivity index (χ2n) is 6.47. The summed E-state index contributed by atoms with van der Waals surface area (Å²) in [6.07, 6.45) is 4.65. The number of urea groups is 1. The third kappa shape index (κ3) is 4.22. The fourth-order valence-corrected chi connectivity index (χ4v) is 3.25. The molecule has 1 aromatic rings. The van der Waals surface area contributed by atoms with Crippen LogP contribution in [0.1, 0.15) is 50.2 Å². The summed E-state index contributed by atoms with van der Waals surface area (Å²) >= 11 is 0. The molecule has 1 atom stereocenters. The fourth-order valence-electron chi connectivity index (χ4n) is 3.25. The molecule has 1 N–H and O–H groups in total. The van der Waals surface area contributed by atoms with Crippen LogP contribution in [-0.2, 0) is 11.2 Å². The molecule has 0 saturated carbocycles. The Morgan fingerprint density at radius 1 is 1.35 bits per heavy atom. The summed E-state index contributed by atoms with van der Waals surface area (Å²) in [7, 11) is 0. The lowest BCUT2D eigenvalue weighted by molar-refractivity contribution is 0.0778. The van der Waals surface area contributed by atoms with Gasteiger partial charge in [-0.25, -0.2) is 4.79 Å². The smallest absolute Gasteiger partial charge is 0.317 e. The molecule has 2 aliphatic heterocycles. The van der Waals surface area contributed by atoms with Crippen LogP contribution in [0.5, 0.6) is 0 Å². The zero-order valence-corrected chi connectivity index (χ0v) is 13.8. The van der Waals surface area contributed by atoms with Crippen LogP contribution in [0, 0.1) is 5.92 Å². The lowest BCUT2D eigenvalue weighted by atomic mass is 10.0. The van der Waals surface area contributed by atoms with E-state index in [1.807, 2.05) is 4.90 Å². The molecule has 3 heterocycles. The van der Waals surface area contributed by atoms with E-state index in [1.54, 1.807) is 0 Å². The van der Waals surface area contributed by atoms with Crippen molar-refractivity contribution in [3.05, 3.63) is 11.7 Å². The standard InChI is InChI=1S/C16H26N4O3/c1-2-6-17-16(21)20-7-3-12(11-20)10-14-18-15(23-19-14)13-4-8-22-9-5-13/h12-13H,2-11H2,1H3,(H,17,21). The first-order chi connectivity index (χ1) is 11.3. The maximum atomic E-state index is 12.0. The van der Waals surface area contributed by atoms with Gasteiger partial charge >= 0.3 is 6.03 Å². The van der Waals surface area contributed by atoms with Gasteiger partial charge < -0.3 is 19.5 Å². The lowest BCUT2D eigenvalue weighted by Crippen LogP contribution is -2.38. The summed E-state index contributed by atoms with van der Waals surface area (Å²) in [4.78, 5) is 18.4. The van der Waals surface area contributed by atoms with Gasteiger partial charge in [-0.15, -0.1) is 0 Å². The van der Waals surface area contributed by atoms with Crippen LogP contribution in [0.15, 0.2) is 4.52 Å². The average molecular weight is 322 g/mol. The number of nitrogens with one attached hydrogen (secondary N) is 1. The Labute approximate surface area is 136 Å². The van der Waals surface area contributed by atoms with Crippen molar-refractivity contribution in [2.75, 3.05) is 32.8 Å². The number of hydrogen-bond donors (Lipinski definition) is 1. The van der Waals surface area contributed by atoms with Crippen molar-refractivity contribution in [1.29, 1.82) is 0 Å². The van der Waals surface area contributed by atoms with Crippen molar-refractivity contribution >= 4 is 6.03 Å². The zero-order chi connectivity index (χ0) is 16.1. The summed E-state index contributed by atoms with van der Waals surface area (Å²) < 4.78 is 10.8. The second kappa shape index (κ2) is 7.77. The van der Waals surface area contributed by atoms with E-state index < -0.39 is 0 Å². The molecular formula is C16H26N4O3. The highest BCUT2D eigenvalue weighted by atomic mass is 16.5. The van der Waals surface area contributed by atoms with Crippen LogP contribution < -0.4 is 5.32 Å². The highest BCUT2D eigenvalue weighted by Crippen LogP contribution is 2.26. The van der Waals surface area contributed by atoms with Crippen molar-refractivity contribution in [3.8, 4) is 0 Å². The molecule has 0 spiro atoms. The summed E-state index contributed by atoms with van der Waals surface area (Å²) in [5.74, 6) is 2.28. The van der Waals surface area contributed by atoms with Crippen LogP contribution >= 0.6 is 0 Å². The summed E-state index contributed by atoms with van der Waals surface area (Å²) in [6.45, 7) is 5.92. The van der Waals surface area contributed by atoms with Gasteiger partial charge in [-0.1, -0.05) is 12.1 Å². The van der Waals surface area contributed by atoms with Gasteiger partial charge in [0.05, 0.1) is 0 Å². The molecule has 3 rings (SSSR count). The Hall–Kier alpha value is -1.63. The largest absolute Gasteiger partial charge is 0.381 e. The fraction of sp³-hybridized carbons (Fsp3) is 0.812. The molecule has 2 aliphatic rings. The van der Waals surface area contributed by atoms with Crippen LogP contribution in [0.4, 0.5) is 4.79 Å². The number of amides is 2. The quantitative estimate of drug-likeness (QED) is 0.896. The van der Waals surface area contributed by atoms with Crippen molar-refractivity contribution in [3.63, 3.8) is 0 Å². The Kier molecular flexibility index (Phi) is 5.48. The van der Waals surface area contributed by atoms with Gasteiger partial charge in [0.2, 0.25) is 5.89 Å². The molecule has 23 heavy (non-hydrogen) atoms. The van der Waals surface area contributed by atoms with Gasteiger partial charge in [0, 0.05) is 45.2 Å². The number of likely N-dealkylation sites (tertiary alicyclic amines) is 1. The van der Waals surface area contributed by atoms with Crippen molar-refractivity contribution in [2.45, 2.75) is 44.9 Å². The zero-order valence-electron chi connectivity index (χ0n) is 13.8. The number of aromatic nitrogens is 2. The maximum Gasteiger partial charge on any atom is 0.317 e. The predicted molar refractivity (Wildman–Crippen MR) is 84.2 cm³/mol. The molecule has 7 nitrogen and oxygen atoms in total. The van der Waals surface area contributed by atoms with Gasteiger partial charge in [0.1, 0.15) is 0 Å². The number of hydrogen-bond acceptors (Lipinski definition) is 5. The minimum atomic E-state index is 0.0466. The van der Waals surface area contributed by atoms with E-state index in [2.05, 4.69) is 22.4 Å². The Morgan fingerprint density at radius 3 is 2.96 bits per heavy atom. The molecule has 2 saturated heterocycles. The SMILES string of the molecule is CCCNC(=O)N1CCC(Cc2noc(C3CCOCC3)n2)C1. The number of carbonyl (C=O) groups is 1. The van der Waals surface area contributed by atoms with E-state index in [4.69, 9.17) is 9.26 Å². The predicted octanol–water partition coefficient (Wildman–Crippen LogP) is 1.95. The number of carbonyl (C=O) groups excluding carboxylic acids is 1. The van der Waals surface area contributed by atoms with E-state index in [0.29, 0.717) is 11.8 Å². The van der Waals surface area contributed by atoms with E-state index in [0.717, 1.165) is 76.7 Å². The first-order valence-electron chi connectivity index (χ1n) is 8.69. The molecule has 0 aliphatic carbocycles. The van der Waals surface area contributed by atoms with E-state index >= 15 is 0 Å². The number of rotatable bonds is 5. The van der Waals surface area contributed by atoms with Crippen LogP contribution in [0.25, 0.3) is 0 Å². The maximum absolute atomic E-state index is 12.0. The Bertz CT molecular complexity index is 513. The van der Waals surface area contributed by atoms with Crippen LogP contribution in [-0.4, -0.2) is 53.9 Å². The van der Waals surface area contributed by atoms with E-state index in [1.165, 1.54) is 0 Å². The molecule has 2 amide bonds. The first-order valence-corrected chi connectivity index (χ1v) is 8.69. The van der Waals surface area contributed by atoms with Gasteiger partial charge in [-0.2, -0.15) is 4.98 Å². The average Bonchev–Trinajstić information content (AvgIpc) is 3.23. The Morgan fingerprint density at radius 2 is 2.17 bits per heavy atom. The molecular weight excluding hydrogens is 296 g/mol. The third-order valence-corrected chi connectivity index (χ3v) is 4.62. The summed E-state index contributed by atoms with van der Waals surface area (Å²) in [5.41, 5.74) is 0. The van der Waals surface area contributed by atoms with Gasteiger partial charge in [0.25, 0.3) is 0 Å². The molecule has 0 aromatic carbocycles. The first kappa shape index (κ1) is 16.2. The van der Waals surface area contributed by atoms with E-state index in [-0.39, 0.29) is 6.03 Å². The van der Waals surface area contributed by atoms with Crippen molar-refractivity contribution in [2.24, 2.45) is 5.92 Å². The Balaban J connectivity index is 1.48. The summed E-state index contributed by atoms with van der Waals surface area (Å²) in [6, 6.07) is 0.0466. The van der Waals surface area contributed by atoms with Crippen molar-refractivity contribution < 1.29 is 14.1 Å². The molecule has 1 unspecified atom stereocenters. The van der Waals surface area contributed by atoms with Gasteiger partial charge in [-0.05, 0) is 31.6 Å². The molecule has 7 heteroatoms. The molecule has 2 fully saturated rings. The minimum Gasteiger partial charge on any atom is -0.381 e. The highest BCUT2D eigenvalue weighted by Gasteiger charge is 2.28. The number of nitrogens with zero attached hydrogens (tertiary/aromatic N) is 3. The minimum absolute atomic E-state index is 0.0466. The van der Waals surface area contributed by atoms with Crippen molar-refractivity contribution in [1.82, 2.24) is 20.4 Å². The van der Waals surface area contributed by atoms with Gasteiger partial charge in [-0.3, -0.25) is 0 Å². The second-order valence-corrected chi connectivity index (χ2v) is 6.47. The normalized spacial score (nSPS) is 22.5. The lowest BCUT2D eigenvalue weighted by Gasteiger charge is -2.18. The number of ether oxygens (including phenoxy) is 1. The molecule has 0 bridgehead atoms. The van der Waals surface area contributed by atoms with Gasteiger partial charge in [0.15, 0.2) is 5.82 Å². The summed E-state index contributed by atoms with van der Waals surface area (Å²) in [5, 5.41) is 7.06.